The van der Waals surface area contributed by atoms with Crippen LogP contribution in [0.2, 0.25) is 0 Å². The number of aromatic nitrogens is 5. The van der Waals surface area contributed by atoms with Crippen LogP contribution in [0.1, 0.15) is 51.5 Å². The number of anilines is 1. The molecular formula is C25H30N6O2. The van der Waals surface area contributed by atoms with Gasteiger partial charge in [0.15, 0.2) is 0 Å². The number of unbranched alkanes of at least 4 members (excludes halogenated alkanes) is 1. The number of hydrogen-bond donors (Lipinski definition) is 2. The third kappa shape index (κ3) is 4.11. The van der Waals surface area contributed by atoms with Gasteiger partial charge in [0.2, 0.25) is 5.95 Å². The Bertz CT molecular complexity index is 1350. The lowest BCUT2D eigenvalue weighted by atomic mass is 9.92. The van der Waals surface area contributed by atoms with Crippen LogP contribution >= 0.6 is 0 Å². The first-order chi connectivity index (χ1) is 16.0. The standard InChI is InChI=1S/C25H30N6O2/c1-3-4-11-26-25-27-14-22-20-10-5-16(17-13-28-30(2)15-17)12-21(20)24(33)31(23(22)29-25)18-6-8-19(32)9-7-18/h5,10,12-15,18-19,32H,3-4,6-9,11H2,1-2H3,(H,26,27,29). The summed E-state index contributed by atoms with van der Waals surface area (Å²) >= 11 is 0. The molecule has 4 aromatic rings. The van der Waals surface area contributed by atoms with Crippen LogP contribution in [-0.4, -0.2) is 42.1 Å². The maximum Gasteiger partial charge on any atom is 0.260 e. The van der Waals surface area contributed by atoms with E-state index in [0.717, 1.165) is 54.1 Å². The molecule has 3 aromatic heterocycles. The fourth-order valence-corrected chi connectivity index (χ4v) is 4.80. The number of benzene rings is 1. The summed E-state index contributed by atoms with van der Waals surface area (Å²) in [7, 11) is 1.88. The van der Waals surface area contributed by atoms with Crippen LogP contribution in [0.5, 0.6) is 0 Å². The maximum atomic E-state index is 13.9. The van der Waals surface area contributed by atoms with Gasteiger partial charge in [-0.3, -0.25) is 14.0 Å². The number of aliphatic hydroxyl groups is 1. The van der Waals surface area contributed by atoms with Gasteiger partial charge in [0.25, 0.3) is 5.56 Å². The summed E-state index contributed by atoms with van der Waals surface area (Å²) in [5.74, 6) is 0.547. The van der Waals surface area contributed by atoms with Crippen LogP contribution in [0.4, 0.5) is 5.95 Å². The number of nitrogens with one attached hydrogen (secondary N) is 1. The van der Waals surface area contributed by atoms with Crippen molar-refractivity contribution in [3.63, 3.8) is 0 Å². The summed E-state index contributed by atoms with van der Waals surface area (Å²) in [5, 5.41) is 20.0. The van der Waals surface area contributed by atoms with Gasteiger partial charge in [-0.15, -0.1) is 0 Å². The molecule has 0 aliphatic heterocycles. The largest absolute Gasteiger partial charge is 0.393 e. The van der Waals surface area contributed by atoms with Gasteiger partial charge in [-0.25, -0.2) is 4.98 Å². The highest BCUT2D eigenvalue weighted by molar-refractivity contribution is 6.05. The van der Waals surface area contributed by atoms with Crippen molar-refractivity contribution < 1.29 is 5.11 Å². The third-order valence-electron chi connectivity index (χ3n) is 6.64. The van der Waals surface area contributed by atoms with Gasteiger partial charge in [0.05, 0.1) is 12.3 Å². The Labute approximate surface area is 192 Å². The fourth-order valence-electron chi connectivity index (χ4n) is 4.80. The summed E-state index contributed by atoms with van der Waals surface area (Å²) in [4.78, 5) is 23.2. The van der Waals surface area contributed by atoms with Crippen LogP contribution < -0.4 is 10.9 Å². The first kappa shape index (κ1) is 21.6. The molecule has 0 bridgehead atoms. The maximum absolute atomic E-state index is 13.9. The van der Waals surface area contributed by atoms with Gasteiger partial charge in [0, 0.05) is 48.4 Å². The average molecular weight is 447 g/mol. The molecular weight excluding hydrogens is 416 g/mol. The Morgan fingerprint density at radius 1 is 1.09 bits per heavy atom. The van der Waals surface area contributed by atoms with Crippen molar-refractivity contribution >= 4 is 27.8 Å². The van der Waals surface area contributed by atoms with E-state index in [1.165, 1.54) is 0 Å². The summed E-state index contributed by atoms with van der Waals surface area (Å²) in [6, 6.07) is 5.97. The molecule has 8 heteroatoms. The molecule has 2 N–H and O–H groups in total. The quantitative estimate of drug-likeness (QED) is 0.343. The van der Waals surface area contributed by atoms with Crippen LogP contribution in [-0.2, 0) is 7.05 Å². The van der Waals surface area contributed by atoms with E-state index in [2.05, 4.69) is 22.3 Å². The zero-order valence-corrected chi connectivity index (χ0v) is 19.2. The Balaban J connectivity index is 1.70. The smallest absolute Gasteiger partial charge is 0.260 e. The van der Waals surface area contributed by atoms with E-state index in [9.17, 15) is 9.90 Å². The summed E-state index contributed by atoms with van der Waals surface area (Å²) < 4.78 is 3.61. The second kappa shape index (κ2) is 8.94. The van der Waals surface area contributed by atoms with Gasteiger partial charge in [-0.2, -0.15) is 10.1 Å². The lowest BCUT2D eigenvalue weighted by Crippen LogP contribution is -2.30. The van der Waals surface area contributed by atoms with Crippen molar-refractivity contribution in [2.45, 2.75) is 57.6 Å². The zero-order valence-electron chi connectivity index (χ0n) is 19.2. The second-order valence-electron chi connectivity index (χ2n) is 9.01. The number of fused-ring (bicyclic) bond motifs is 3. The van der Waals surface area contributed by atoms with Crippen molar-refractivity contribution in [2.24, 2.45) is 7.05 Å². The van der Waals surface area contributed by atoms with Crippen LogP contribution in [0.3, 0.4) is 0 Å². The van der Waals surface area contributed by atoms with E-state index in [1.807, 2.05) is 42.2 Å². The Morgan fingerprint density at radius 3 is 2.64 bits per heavy atom. The van der Waals surface area contributed by atoms with Gasteiger partial charge in [0.1, 0.15) is 5.65 Å². The second-order valence-corrected chi connectivity index (χ2v) is 9.01. The Kier molecular flexibility index (Phi) is 5.85. The number of rotatable bonds is 6. The lowest BCUT2D eigenvalue weighted by molar-refractivity contribution is 0.111. The highest BCUT2D eigenvalue weighted by atomic mass is 16.3. The van der Waals surface area contributed by atoms with E-state index in [-0.39, 0.29) is 17.7 Å². The average Bonchev–Trinajstić information content (AvgIpc) is 3.26. The van der Waals surface area contributed by atoms with Gasteiger partial charge in [-0.05, 0) is 49.1 Å². The van der Waals surface area contributed by atoms with E-state index < -0.39 is 0 Å². The zero-order chi connectivity index (χ0) is 22.9. The van der Waals surface area contributed by atoms with E-state index in [4.69, 9.17) is 4.98 Å². The van der Waals surface area contributed by atoms with Crippen molar-refractivity contribution in [1.29, 1.82) is 0 Å². The lowest BCUT2D eigenvalue weighted by Gasteiger charge is -2.28. The first-order valence-electron chi connectivity index (χ1n) is 11.8. The van der Waals surface area contributed by atoms with E-state index in [1.54, 1.807) is 10.9 Å². The fraction of sp³-hybridized carbons (Fsp3) is 0.440. The SMILES string of the molecule is CCCCNc1ncc2c3ccc(-c4cnn(C)c4)cc3c(=O)n(C3CCC(O)CC3)c2n1. The molecule has 1 saturated carbocycles. The van der Waals surface area contributed by atoms with Crippen molar-refractivity contribution in [3.05, 3.63) is 47.1 Å². The normalized spacial score (nSPS) is 18.8. The Hall–Kier alpha value is -3.26. The monoisotopic (exact) mass is 446 g/mol. The van der Waals surface area contributed by atoms with E-state index >= 15 is 0 Å². The summed E-state index contributed by atoms with van der Waals surface area (Å²) in [6.45, 7) is 2.94. The minimum absolute atomic E-state index is 0.00763. The molecule has 0 unspecified atom stereocenters. The van der Waals surface area contributed by atoms with Gasteiger partial charge in [-0.1, -0.05) is 25.5 Å². The van der Waals surface area contributed by atoms with Crippen molar-refractivity contribution in [3.8, 4) is 11.1 Å². The molecule has 0 atom stereocenters. The highest BCUT2D eigenvalue weighted by Crippen LogP contribution is 2.33. The van der Waals surface area contributed by atoms with Crippen LogP contribution in [0.15, 0.2) is 41.6 Å². The molecule has 0 spiro atoms. The molecule has 1 aliphatic carbocycles. The van der Waals surface area contributed by atoms with Crippen LogP contribution in [0, 0.1) is 0 Å². The molecule has 0 radical (unpaired) electrons. The molecule has 172 valence electrons. The summed E-state index contributed by atoms with van der Waals surface area (Å²) in [6.07, 6.45) is 10.3. The van der Waals surface area contributed by atoms with Crippen LogP contribution in [0.25, 0.3) is 32.9 Å². The number of nitrogens with zero attached hydrogens (tertiary/aromatic N) is 5. The number of aryl methyl sites for hydroxylation is 1. The molecule has 8 nitrogen and oxygen atoms in total. The molecule has 1 aromatic carbocycles. The predicted octanol–water partition coefficient (Wildman–Crippen LogP) is 4.03. The molecule has 3 heterocycles. The van der Waals surface area contributed by atoms with Gasteiger partial charge < -0.3 is 10.4 Å². The molecule has 1 aliphatic rings. The molecule has 0 saturated heterocycles. The number of pyridine rings is 1. The number of hydrogen-bond acceptors (Lipinski definition) is 6. The third-order valence-corrected chi connectivity index (χ3v) is 6.64. The predicted molar refractivity (Wildman–Crippen MR) is 130 cm³/mol. The molecule has 1 fully saturated rings. The molecule has 0 amide bonds. The van der Waals surface area contributed by atoms with Crippen molar-refractivity contribution in [2.75, 3.05) is 11.9 Å². The van der Waals surface area contributed by atoms with E-state index in [0.29, 0.717) is 29.8 Å². The Morgan fingerprint density at radius 2 is 1.91 bits per heavy atom. The minimum atomic E-state index is -0.290. The first-order valence-corrected chi connectivity index (χ1v) is 11.8. The van der Waals surface area contributed by atoms with Gasteiger partial charge >= 0.3 is 0 Å². The topological polar surface area (TPSA) is 97.9 Å². The molecule has 33 heavy (non-hydrogen) atoms. The summed E-state index contributed by atoms with van der Waals surface area (Å²) in [5.41, 5.74) is 2.55. The number of aliphatic hydroxyl groups excluding tert-OH is 1. The highest BCUT2D eigenvalue weighted by Gasteiger charge is 2.25. The minimum Gasteiger partial charge on any atom is -0.393 e. The van der Waals surface area contributed by atoms with Crippen molar-refractivity contribution in [1.82, 2.24) is 24.3 Å². The molecule has 5 rings (SSSR count).